The van der Waals surface area contributed by atoms with Crippen LogP contribution in [0.25, 0.3) is 11.1 Å². The molecular weight excluding hydrogens is 448 g/mol. The Balaban J connectivity index is 1.32. The fraction of sp³-hybridized carbons (Fsp3) is 0.0667. The molecule has 0 aliphatic rings. The molecular formula is C30H26N4O2. The molecule has 0 saturated carbocycles. The first-order valence-electron chi connectivity index (χ1n) is 11.5. The minimum Gasteiger partial charge on any atom is -0.267 e. The molecule has 0 spiro atoms. The third-order valence-corrected chi connectivity index (χ3v) is 5.54. The number of hydrogen-bond donors (Lipinski definition) is 2. The van der Waals surface area contributed by atoms with Gasteiger partial charge in [-0.05, 0) is 60.4 Å². The van der Waals surface area contributed by atoms with Gasteiger partial charge in [-0.1, -0.05) is 83.9 Å². The topological polar surface area (TPSA) is 82.9 Å². The minimum atomic E-state index is -0.289. The van der Waals surface area contributed by atoms with E-state index in [-0.39, 0.29) is 11.8 Å². The van der Waals surface area contributed by atoms with Crippen molar-refractivity contribution < 1.29 is 9.59 Å². The highest BCUT2D eigenvalue weighted by Gasteiger charge is 2.07. The Morgan fingerprint density at radius 1 is 0.528 bits per heavy atom. The van der Waals surface area contributed by atoms with E-state index in [2.05, 4.69) is 21.1 Å². The van der Waals surface area contributed by atoms with Gasteiger partial charge in [-0.15, -0.1) is 0 Å². The molecule has 36 heavy (non-hydrogen) atoms. The lowest BCUT2D eigenvalue weighted by Crippen LogP contribution is -2.17. The molecule has 2 N–H and O–H groups in total. The van der Waals surface area contributed by atoms with Crippen LogP contribution in [-0.4, -0.2) is 24.2 Å². The van der Waals surface area contributed by atoms with Crippen LogP contribution < -0.4 is 10.9 Å². The second kappa shape index (κ2) is 11.5. The van der Waals surface area contributed by atoms with Crippen LogP contribution in [0.1, 0.15) is 43.0 Å². The highest BCUT2D eigenvalue weighted by Crippen LogP contribution is 2.20. The average Bonchev–Trinajstić information content (AvgIpc) is 2.91. The van der Waals surface area contributed by atoms with Gasteiger partial charge in [-0.25, -0.2) is 10.9 Å². The monoisotopic (exact) mass is 474 g/mol. The molecule has 0 aliphatic carbocycles. The largest absolute Gasteiger partial charge is 0.271 e. The van der Waals surface area contributed by atoms with Crippen molar-refractivity contribution in [2.24, 2.45) is 10.2 Å². The van der Waals surface area contributed by atoms with E-state index in [4.69, 9.17) is 0 Å². The molecule has 4 aromatic rings. The second-order valence-corrected chi connectivity index (χ2v) is 8.37. The zero-order chi connectivity index (χ0) is 25.3. The second-order valence-electron chi connectivity index (χ2n) is 8.37. The number of hydrazone groups is 2. The van der Waals surface area contributed by atoms with Crippen molar-refractivity contribution in [3.05, 3.63) is 130 Å². The summed E-state index contributed by atoms with van der Waals surface area (Å²) in [6.07, 6.45) is 3.22. The maximum absolute atomic E-state index is 12.4. The SMILES string of the molecule is Cc1ccc(/C=N/NC(=O)c2ccc(-c3ccc(C(=O)N/N=C/c4ccc(C)cc4)cc3)cc2)cc1. The lowest BCUT2D eigenvalue weighted by atomic mass is 10.0. The fourth-order valence-electron chi connectivity index (χ4n) is 3.39. The van der Waals surface area contributed by atoms with Crippen molar-refractivity contribution in [1.82, 2.24) is 10.9 Å². The molecule has 0 aliphatic heterocycles. The summed E-state index contributed by atoms with van der Waals surface area (Å²) in [6, 6.07) is 30.1. The van der Waals surface area contributed by atoms with E-state index in [1.54, 1.807) is 36.7 Å². The first-order valence-corrected chi connectivity index (χ1v) is 11.5. The maximum Gasteiger partial charge on any atom is 0.271 e. The van der Waals surface area contributed by atoms with Gasteiger partial charge in [0.2, 0.25) is 0 Å². The molecule has 0 aromatic heterocycles. The smallest absolute Gasteiger partial charge is 0.267 e. The molecule has 0 radical (unpaired) electrons. The molecule has 4 aromatic carbocycles. The van der Waals surface area contributed by atoms with Crippen LogP contribution in [-0.2, 0) is 0 Å². The number of nitrogens with one attached hydrogen (secondary N) is 2. The average molecular weight is 475 g/mol. The highest BCUT2D eigenvalue weighted by molar-refractivity contribution is 5.96. The summed E-state index contributed by atoms with van der Waals surface area (Å²) in [6.45, 7) is 4.03. The molecule has 0 fully saturated rings. The van der Waals surface area contributed by atoms with Crippen LogP contribution in [0.4, 0.5) is 0 Å². The zero-order valence-electron chi connectivity index (χ0n) is 20.1. The van der Waals surface area contributed by atoms with Crippen molar-refractivity contribution in [3.8, 4) is 11.1 Å². The Labute approximate surface area is 210 Å². The minimum absolute atomic E-state index is 0.289. The molecule has 0 unspecified atom stereocenters. The normalized spacial score (nSPS) is 11.1. The Hall–Kier alpha value is -4.84. The van der Waals surface area contributed by atoms with Gasteiger partial charge in [0.15, 0.2) is 0 Å². The molecule has 0 heterocycles. The van der Waals surface area contributed by atoms with E-state index in [0.29, 0.717) is 11.1 Å². The van der Waals surface area contributed by atoms with Gasteiger partial charge in [0, 0.05) is 11.1 Å². The molecule has 6 heteroatoms. The van der Waals surface area contributed by atoms with E-state index < -0.39 is 0 Å². The predicted molar refractivity (Wildman–Crippen MR) is 144 cm³/mol. The Morgan fingerprint density at radius 2 is 0.861 bits per heavy atom. The Kier molecular flexibility index (Phi) is 7.78. The summed E-state index contributed by atoms with van der Waals surface area (Å²) in [5, 5.41) is 8.05. The van der Waals surface area contributed by atoms with Crippen molar-refractivity contribution in [1.29, 1.82) is 0 Å². The molecule has 0 bridgehead atoms. The number of benzene rings is 4. The van der Waals surface area contributed by atoms with E-state index in [1.165, 1.54) is 0 Å². The Morgan fingerprint density at radius 3 is 1.19 bits per heavy atom. The molecule has 2 amide bonds. The number of nitrogens with zero attached hydrogens (tertiary/aromatic N) is 2. The van der Waals surface area contributed by atoms with Crippen molar-refractivity contribution in [2.45, 2.75) is 13.8 Å². The summed E-state index contributed by atoms with van der Waals surface area (Å²) in [4.78, 5) is 24.7. The van der Waals surface area contributed by atoms with Gasteiger partial charge in [0.25, 0.3) is 11.8 Å². The maximum atomic E-state index is 12.4. The van der Waals surface area contributed by atoms with E-state index in [9.17, 15) is 9.59 Å². The van der Waals surface area contributed by atoms with Crippen molar-refractivity contribution >= 4 is 24.2 Å². The summed E-state index contributed by atoms with van der Waals surface area (Å²) >= 11 is 0. The summed E-state index contributed by atoms with van der Waals surface area (Å²) in [7, 11) is 0. The standard InChI is InChI=1S/C30H26N4O2/c1-21-3-7-23(8-4-21)19-31-33-29(35)27-15-11-25(12-16-27)26-13-17-28(18-14-26)30(36)34-32-20-24-9-5-22(2)6-10-24/h3-20H,1-2H3,(H,33,35)(H,34,36)/b31-19+,32-20+. The third kappa shape index (κ3) is 6.61. The van der Waals surface area contributed by atoms with Gasteiger partial charge >= 0.3 is 0 Å². The number of hydrogen-bond acceptors (Lipinski definition) is 4. The lowest BCUT2D eigenvalue weighted by molar-refractivity contribution is 0.0947. The van der Waals surface area contributed by atoms with Crippen molar-refractivity contribution in [2.75, 3.05) is 0 Å². The number of rotatable bonds is 7. The van der Waals surface area contributed by atoms with E-state index in [0.717, 1.165) is 33.4 Å². The Bertz CT molecular complexity index is 1280. The third-order valence-electron chi connectivity index (χ3n) is 5.54. The van der Waals surface area contributed by atoms with Crippen LogP contribution in [0.3, 0.4) is 0 Å². The molecule has 6 nitrogen and oxygen atoms in total. The quantitative estimate of drug-likeness (QED) is 0.274. The van der Waals surface area contributed by atoms with E-state index in [1.807, 2.05) is 86.6 Å². The van der Waals surface area contributed by atoms with Crippen LogP contribution >= 0.6 is 0 Å². The van der Waals surface area contributed by atoms with Crippen LogP contribution in [0.5, 0.6) is 0 Å². The fourth-order valence-corrected chi connectivity index (χ4v) is 3.39. The lowest BCUT2D eigenvalue weighted by Gasteiger charge is -2.05. The van der Waals surface area contributed by atoms with Gasteiger partial charge in [-0.3, -0.25) is 9.59 Å². The van der Waals surface area contributed by atoms with Gasteiger partial charge in [-0.2, -0.15) is 10.2 Å². The predicted octanol–water partition coefficient (Wildman–Crippen LogP) is 5.50. The van der Waals surface area contributed by atoms with Crippen LogP contribution in [0, 0.1) is 13.8 Å². The molecule has 0 atom stereocenters. The summed E-state index contributed by atoms with van der Waals surface area (Å²) < 4.78 is 0. The van der Waals surface area contributed by atoms with Gasteiger partial charge in [0.05, 0.1) is 12.4 Å². The molecule has 4 rings (SSSR count). The zero-order valence-corrected chi connectivity index (χ0v) is 20.1. The number of aryl methyl sites for hydroxylation is 2. The number of carbonyl (C=O) groups is 2. The summed E-state index contributed by atoms with van der Waals surface area (Å²) in [5.74, 6) is -0.578. The molecule has 178 valence electrons. The summed E-state index contributed by atoms with van der Waals surface area (Å²) in [5.41, 5.74) is 12.1. The van der Waals surface area contributed by atoms with Crippen LogP contribution in [0.2, 0.25) is 0 Å². The van der Waals surface area contributed by atoms with E-state index >= 15 is 0 Å². The van der Waals surface area contributed by atoms with Crippen LogP contribution in [0.15, 0.2) is 107 Å². The number of carbonyl (C=O) groups excluding carboxylic acids is 2. The van der Waals surface area contributed by atoms with Gasteiger partial charge < -0.3 is 0 Å². The first-order chi connectivity index (χ1) is 17.5. The van der Waals surface area contributed by atoms with Gasteiger partial charge in [0.1, 0.15) is 0 Å². The molecule has 0 saturated heterocycles. The first kappa shape index (κ1) is 24.3. The van der Waals surface area contributed by atoms with Crippen molar-refractivity contribution in [3.63, 3.8) is 0 Å². The highest BCUT2D eigenvalue weighted by atomic mass is 16.2. The number of amides is 2.